The molecule has 5 nitrogen and oxygen atoms in total. The lowest BCUT2D eigenvalue weighted by molar-refractivity contribution is 0.414. The third kappa shape index (κ3) is 3.25. The van der Waals surface area contributed by atoms with Gasteiger partial charge in [-0.1, -0.05) is 30.3 Å². The zero-order chi connectivity index (χ0) is 19.5. The largest absolute Gasteiger partial charge is 0.507 e. The molecule has 1 aromatic heterocycles. The van der Waals surface area contributed by atoms with Gasteiger partial charge in [-0.3, -0.25) is 9.36 Å². The molecule has 5 heteroatoms. The molecular weight excluding hydrogens is 352 g/mol. The maximum atomic E-state index is 13.2. The van der Waals surface area contributed by atoms with Gasteiger partial charge in [-0.2, -0.15) is 0 Å². The fraction of sp³-hybridized carbons (Fsp3) is 0.0435. The fourth-order valence-electron chi connectivity index (χ4n) is 3.05. The van der Waals surface area contributed by atoms with Crippen LogP contribution in [0.1, 0.15) is 11.3 Å². The van der Waals surface area contributed by atoms with Gasteiger partial charge in [-0.15, -0.1) is 0 Å². The van der Waals surface area contributed by atoms with Crippen LogP contribution in [0.3, 0.4) is 0 Å². The molecule has 138 valence electrons. The van der Waals surface area contributed by atoms with Gasteiger partial charge in [0, 0.05) is 17.3 Å². The number of fused-ring (bicyclic) bond motifs is 1. The zero-order valence-corrected chi connectivity index (χ0v) is 15.2. The summed E-state index contributed by atoms with van der Waals surface area (Å²) in [6, 6.07) is 23.8. The van der Waals surface area contributed by atoms with Crippen LogP contribution in [0.5, 0.6) is 5.75 Å². The van der Waals surface area contributed by atoms with Gasteiger partial charge in [-0.25, -0.2) is 4.98 Å². The van der Waals surface area contributed by atoms with Crippen LogP contribution in [0.25, 0.3) is 28.6 Å². The molecule has 1 heterocycles. The summed E-state index contributed by atoms with van der Waals surface area (Å²) in [5.41, 5.74) is 2.55. The van der Waals surface area contributed by atoms with Crippen LogP contribution in [0, 0.1) is 0 Å². The molecule has 0 saturated carbocycles. The van der Waals surface area contributed by atoms with Crippen LogP contribution in [0.15, 0.2) is 83.7 Å². The Morgan fingerprint density at radius 1 is 0.964 bits per heavy atom. The molecule has 0 saturated heterocycles. The van der Waals surface area contributed by atoms with Crippen LogP contribution in [-0.2, 0) is 0 Å². The van der Waals surface area contributed by atoms with Crippen molar-refractivity contribution in [2.45, 2.75) is 0 Å². The van der Waals surface area contributed by atoms with E-state index in [0.717, 1.165) is 5.69 Å². The van der Waals surface area contributed by atoms with Crippen molar-refractivity contribution in [3.63, 3.8) is 0 Å². The molecule has 1 N–H and O–H groups in total. The van der Waals surface area contributed by atoms with Gasteiger partial charge in [0.05, 0.1) is 18.1 Å². The maximum absolute atomic E-state index is 13.2. The average Bonchev–Trinajstić information content (AvgIpc) is 2.75. The number of para-hydroxylation sites is 3. The van der Waals surface area contributed by atoms with Crippen molar-refractivity contribution >= 4 is 22.9 Å². The van der Waals surface area contributed by atoms with E-state index in [0.29, 0.717) is 22.3 Å². The van der Waals surface area contributed by atoms with Crippen molar-refractivity contribution in [1.82, 2.24) is 9.55 Å². The number of aromatic nitrogens is 2. The Labute approximate surface area is 161 Å². The molecule has 0 radical (unpaired) electrons. The highest BCUT2D eigenvalue weighted by atomic mass is 16.5. The van der Waals surface area contributed by atoms with Crippen molar-refractivity contribution in [3.05, 3.63) is 100 Å². The van der Waals surface area contributed by atoms with Crippen LogP contribution < -0.4 is 10.3 Å². The van der Waals surface area contributed by atoms with Gasteiger partial charge in [0.25, 0.3) is 5.56 Å². The number of benzene rings is 3. The van der Waals surface area contributed by atoms with Gasteiger partial charge in [0.2, 0.25) is 0 Å². The standard InChI is InChI=1S/C23H18N2O3/c1-28-18-13-11-16(12-14-18)22(26)15-20-23(27)25(17-7-3-2-4-8-17)21-10-6-5-9-19(21)24-20/h2-15,26H,1H3/b22-15-. The highest BCUT2D eigenvalue weighted by Gasteiger charge is 2.12. The number of rotatable bonds is 4. The fourth-order valence-corrected chi connectivity index (χ4v) is 3.05. The Balaban J connectivity index is 1.90. The summed E-state index contributed by atoms with van der Waals surface area (Å²) in [4.78, 5) is 17.6. The minimum Gasteiger partial charge on any atom is -0.507 e. The maximum Gasteiger partial charge on any atom is 0.281 e. The van der Waals surface area contributed by atoms with E-state index in [9.17, 15) is 9.90 Å². The van der Waals surface area contributed by atoms with Gasteiger partial charge < -0.3 is 9.84 Å². The van der Waals surface area contributed by atoms with Gasteiger partial charge in [0.1, 0.15) is 17.2 Å². The predicted octanol–water partition coefficient (Wildman–Crippen LogP) is 4.45. The molecule has 0 aliphatic heterocycles. The Bertz CT molecular complexity index is 1210. The normalized spacial score (nSPS) is 11.5. The molecular formula is C23H18N2O3. The van der Waals surface area contributed by atoms with Crippen LogP contribution in [0.4, 0.5) is 0 Å². The number of aliphatic hydroxyl groups is 1. The number of hydrogen-bond donors (Lipinski definition) is 1. The molecule has 0 unspecified atom stereocenters. The highest BCUT2D eigenvalue weighted by molar-refractivity contribution is 5.81. The number of aliphatic hydroxyl groups excluding tert-OH is 1. The second kappa shape index (κ2) is 7.40. The van der Waals surface area contributed by atoms with E-state index < -0.39 is 0 Å². The third-order valence-electron chi connectivity index (χ3n) is 4.46. The molecule has 3 aromatic carbocycles. The third-order valence-corrected chi connectivity index (χ3v) is 4.46. The minimum atomic E-state index is -0.301. The monoisotopic (exact) mass is 370 g/mol. The van der Waals surface area contributed by atoms with E-state index in [-0.39, 0.29) is 17.0 Å². The first kappa shape index (κ1) is 17.5. The molecule has 0 aliphatic rings. The Morgan fingerprint density at radius 3 is 2.36 bits per heavy atom. The molecule has 4 aromatic rings. The Kier molecular flexibility index (Phi) is 4.64. The number of ether oxygens (including phenoxy) is 1. The van der Waals surface area contributed by atoms with Crippen molar-refractivity contribution < 1.29 is 9.84 Å². The van der Waals surface area contributed by atoms with E-state index in [1.54, 1.807) is 35.9 Å². The molecule has 0 fully saturated rings. The van der Waals surface area contributed by atoms with E-state index >= 15 is 0 Å². The summed E-state index contributed by atoms with van der Waals surface area (Å²) < 4.78 is 6.74. The van der Waals surface area contributed by atoms with Crippen LogP contribution >= 0.6 is 0 Å². The minimum absolute atomic E-state index is 0.0397. The number of hydrogen-bond acceptors (Lipinski definition) is 4. The summed E-state index contributed by atoms with van der Waals surface area (Å²) in [6.45, 7) is 0. The summed E-state index contributed by atoms with van der Waals surface area (Å²) in [6.07, 6.45) is 1.40. The smallest absolute Gasteiger partial charge is 0.281 e. The second-order valence-corrected chi connectivity index (χ2v) is 6.22. The lowest BCUT2D eigenvalue weighted by atomic mass is 10.1. The molecule has 0 bridgehead atoms. The predicted molar refractivity (Wildman–Crippen MR) is 111 cm³/mol. The molecule has 28 heavy (non-hydrogen) atoms. The number of methoxy groups -OCH3 is 1. The SMILES string of the molecule is COc1ccc(/C(O)=C/c2nc3ccccc3n(-c3ccccc3)c2=O)cc1. The molecule has 0 atom stereocenters. The number of nitrogens with zero attached hydrogens (tertiary/aromatic N) is 2. The molecule has 0 aliphatic carbocycles. The second-order valence-electron chi connectivity index (χ2n) is 6.22. The summed E-state index contributed by atoms with van der Waals surface area (Å²) in [7, 11) is 1.58. The van der Waals surface area contributed by atoms with E-state index in [4.69, 9.17) is 4.74 Å². The Hall–Kier alpha value is -3.86. The molecule has 0 spiro atoms. The van der Waals surface area contributed by atoms with Gasteiger partial charge in [0.15, 0.2) is 0 Å². The summed E-state index contributed by atoms with van der Waals surface area (Å²) in [5.74, 6) is 0.647. The lowest BCUT2D eigenvalue weighted by Crippen LogP contribution is -2.22. The quantitative estimate of drug-likeness (QED) is 0.539. The van der Waals surface area contributed by atoms with Crippen molar-refractivity contribution in [1.29, 1.82) is 0 Å². The first-order chi connectivity index (χ1) is 13.7. The van der Waals surface area contributed by atoms with Gasteiger partial charge >= 0.3 is 0 Å². The van der Waals surface area contributed by atoms with Crippen LogP contribution in [-0.4, -0.2) is 21.8 Å². The van der Waals surface area contributed by atoms with Crippen molar-refractivity contribution in [2.75, 3.05) is 7.11 Å². The topological polar surface area (TPSA) is 64.3 Å². The lowest BCUT2D eigenvalue weighted by Gasteiger charge is -2.11. The van der Waals surface area contributed by atoms with E-state index in [1.165, 1.54) is 6.08 Å². The van der Waals surface area contributed by atoms with Crippen molar-refractivity contribution in [2.24, 2.45) is 0 Å². The molecule has 4 rings (SSSR count). The zero-order valence-electron chi connectivity index (χ0n) is 15.2. The van der Waals surface area contributed by atoms with Crippen LogP contribution in [0.2, 0.25) is 0 Å². The van der Waals surface area contributed by atoms with E-state index in [2.05, 4.69) is 4.98 Å². The first-order valence-electron chi connectivity index (χ1n) is 8.79. The first-order valence-corrected chi connectivity index (χ1v) is 8.79. The average molecular weight is 370 g/mol. The van der Waals surface area contributed by atoms with E-state index in [1.807, 2.05) is 54.6 Å². The van der Waals surface area contributed by atoms with Crippen molar-refractivity contribution in [3.8, 4) is 11.4 Å². The summed E-state index contributed by atoms with van der Waals surface area (Å²) in [5, 5.41) is 10.5. The molecule has 0 amide bonds. The summed E-state index contributed by atoms with van der Waals surface area (Å²) >= 11 is 0. The highest BCUT2D eigenvalue weighted by Crippen LogP contribution is 2.20. The Morgan fingerprint density at radius 2 is 1.64 bits per heavy atom. The van der Waals surface area contributed by atoms with Gasteiger partial charge in [-0.05, 0) is 48.5 Å².